The van der Waals surface area contributed by atoms with Crippen LogP contribution < -0.4 is 15.3 Å². The number of methoxy groups -OCH3 is 1. The molecular formula is C27H27N3O4. The van der Waals surface area contributed by atoms with E-state index in [1.54, 1.807) is 13.2 Å². The topological polar surface area (TPSA) is 75.9 Å². The lowest BCUT2D eigenvalue weighted by Gasteiger charge is -2.35. The quantitative estimate of drug-likeness (QED) is 0.433. The third kappa shape index (κ3) is 3.98. The number of hydrogen-bond donors (Lipinski definition) is 0. The van der Waals surface area contributed by atoms with Crippen molar-refractivity contribution < 1.29 is 13.9 Å². The van der Waals surface area contributed by atoms with E-state index < -0.39 is 5.63 Å². The number of aromatic nitrogens is 1. The second-order valence-electron chi connectivity index (χ2n) is 8.71. The van der Waals surface area contributed by atoms with Crippen molar-refractivity contribution in [3.05, 3.63) is 75.6 Å². The van der Waals surface area contributed by atoms with Crippen LogP contribution in [0.25, 0.3) is 21.9 Å². The van der Waals surface area contributed by atoms with Gasteiger partial charge in [-0.05, 0) is 49.2 Å². The van der Waals surface area contributed by atoms with Crippen molar-refractivity contribution >= 4 is 33.6 Å². The number of amides is 1. The van der Waals surface area contributed by atoms with Gasteiger partial charge in [-0.2, -0.15) is 0 Å². The zero-order valence-corrected chi connectivity index (χ0v) is 19.6. The molecule has 34 heavy (non-hydrogen) atoms. The highest BCUT2D eigenvalue weighted by Gasteiger charge is 2.24. The van der Waals surface area contributed by atoms with Crippen molar-refractivity contribution in [2.45, 2.75) is 20.3 Å². The van der Waals surface area contributed by atoms with Gasteiger partial charge in [0.25, 0.3) is 0 Å². The first-order chi connectivity index (χ1) is 16.4. The van der Waals surface area contributed by atoms with Crippen molar-refractivity contribution in [3.8, 4) is 5.75 Å². The van der Waals surface area contributed by atoms with Crippen molar-refractivity contribution in [1.29, 1.82) is 0 Å². The summed E-state index contributed by atoms with van der Waals surface area (Å²) in [5, 5.41) is 1.97. The Bertz CT molecular complexity index is 1450. The maximum absolute atomic E-state index is 13.1. The number of ether oxygens (including phenoxy) is 1. The Balaban J connectivity index is 1.30. The number of carbonyl (C=O) groups excluding carboxylic acids is 1. The van der Waals surface area contributed by atoms with Gasteiger partial charge in [-0.3, -0.25) is 4.79 Å². The number of carbonyl (C=O) groups is 1. The molecule has 3 heterocycles. The summed E-state index contributed by atoms with van der Waals surface area (Å²) in [4.78, 5) is 34.6. The lowest BCUT2D eigenvalue weighted by molar-refractivity contribution is -0.130. The minimum Gasteiger partial charge on any atom is -0.497 e. The molecule has 5 rings (SSSR count). The van der Waals surface area contributed by atoms with E-state index in [2.05, 4.69) is 24.0 Å². The van der Waals surface area contributed by atoms with Gasteiger partial charge in [-0.1, -0.05) is 18.2 Å². The van der Waals surface area contributed by atoms with Crippen molar-refractivity contribution in [1.82, 2.24) is 9.88 Å². The second-order valence-corrected chi connectivity index (χ2v) is 8.71. The van der Waals surface area contributed by atoms with E-state index in [0.717, 1.165) is 27.7 Å². The van der Waals surface area contributed by atoms with Crippen molar-refractivity contribution in [2.75, 3.05) is 38.2 Å². The molecule has 1 amide bonds. The molecule has 2 aromatic heterocycles. The number of aryl methyl sites for hydroxylation is 2. The van der Waals surface area contributed by atoms with Gasteiger partial charge >= 0.3 is 5.63 Å². The molecule has 0 spiro atoms. The molecule has 7 nitrogen and oxygen atoms in total. The maximum atomic E-state index is 13.1. The molecule has 0 atom stereocenters. The summed E-state index contributed by atoms with van der Waals surface area (Å²) in [6, 6.07) is 15.6. The molecule has 1 saturated heterocycles. The fourth-order valence-corrected chi connectivity index (χ4v) is 4.65. The average molecular weight is 458 g/mol. The maximum Gasteiger partial charge on any atom is 0.340 e. The van der Waals surface area contributed by atoms with Gasteiger partial charge in [0, 0.05) is 43.0 Å². The minimum absolute atomic E-state index is 0.0312. The van der Waals surface area contributed by atoms with E-state index >= 15 is 0 Å². The molecule has 1 aliphatic rings. The van der Waals surface area contributed by atoms with Crippen LogP contribution in [0.1, 0.15) is 16.7 Å². The first kappa shape index (κ1) is 21.9. The number of anilines is 1. The van der Waals surface area contributed by atoms with Crippen molar-refractivity contribution in [3.63, 3.8) is 0 Å². The lowest BCUT2D eigenvalue weighted by Crippen LogP contribution is -2.49. The first-order valence-corrected chi connectivity index (χ1v) is 11.4. The van der Waals surface area contributed by atoms with Gasteiger partial charge in [-0.25, -0.2) is 9.78 Å². The van der Waals surface area contributed by atoms with Gasteiger partial charge in [-0.15, -0.1) is 0 Å². The Morgan fingerprint density at radius 1 is 1.03 bits per heavy atom. The number of para-hydroxylation sites is 1. The molecule has 0 radical (unpaired) electrons. The second kappa shape index (κ2) is 8.82. The molecule has 0 bridgehead atoms. The highest BCUT2D eigenvalue weighted by atomic mass is 16.5. The van der Waals surface area contributed by atoms with Crippen LogP contribution in [-0.2, 0) is 11.2 Å². The highest BCUT2D eigenvalue weighted by Crippen LogP contribution is 2.25. The van der Waals surface area contributed by atoms with E-state index in [4.69, 9.17) is 14.1 Å². The Hall–Kier alpha value is -3.87. The number of piperazine rings is 1. The van der Waals surface area contributed by atoms with E-state index in [1.807, 2.05) is 42.2 Å². The molecule has 0 N–H and O–H groups in total. The monoisotopic (exact) mass is 457 g/mol. The van der Waals surface area contributed by atoms with Crippen LogP contribution >= 0.6 is 0 Å². The Kier molecular flexibility index (Phi) is 5.69. The third-order valence-electron chi connectivity index (χ3n) is 6.69. The summed E-state index contributed by atoms with van der Waals surface area (Å²) in [6.07, 6.45) is 0.0312. The van der Waals surface area contributed by atoms with E-state index in [1.165, 1.54) is 5.56 Å². The van der Waals surface area contributed by atoms with Crippen LogP contribution in [0.3, 0.4) is 0 Å². The number of rotatable bonds is 4. The average Bonchev–Trinajstić information content (AvgIpc) is 2.86. The molecule has 0 saturated carbocycles. The molecule has 7 heteroatoms. The predicted octanol–water partition coefficient (Wildman–Crippen LogP) is 3.86. The molecule has 0 aliphatic carbocycles. The molecule has 4 aromatic rings. The molecular weight excluding hydrogens is 430 g/mol. The third-order valence-corrected chi connectivity index (χ3v) is 6.69. The predicted molar refractivity (Wildman–Crippen MR) is 133 cm³/mol. The molecule has 1 aliphatic heterocycles. The Morgan fingerprint density at radius 3 is 2.56 bits per heavy atom. The zero-order chi connectivity index (χ0) is 23.8. The van der Waals surface area contributed by atoms with Gasteiger partial charge in [0.05, 0.1) is 24.6 Å². The van der Waals surface area contributed by atoms with Crippen LogP contribution in [0.15, 0.2) is 57.7 Å². The largest absolute Gasteiger partial charge is 0.497 e. The SMILES string of the molecule is COc1ccc2c(C)c(CC(=O)N3CCN(c4cc(C)c5ccccc5n4)CC3)c(=O)oc2c1. The van der Waals surface area contributed by atoms with E-state index in [9.17, 15) is 9.59 Å². The van der Waals surface area contributed by atoms with Crippen LogP contribution in [0.5, 0.6) is 5.75 Å². The molecule has 2 aromatic carbocycles. The van der Waals surface area contributed by atoms with Crippen molar-refractivity contribution in [2.24, 2.45) is 0 Å². The fraction of sp³-hybridized carbons (Fsp3) is 0.296. The number of benzene rings is 2. The molecule has 174 valence electrons. The summed E-state index contributed by atoms with van der Waals surface area (Å²) in [5.41, 5.74) is 3.35. The number of hydrogen-bond acceptors (Lipinski definition) is 6. The summed E-state index contributed by atoms with van der Waals surface area (Å²) in [5.74, 6) is 1.49. The van der Waals surface area contributed by atoms with Gasteiger partial charge in [0.1, 0.15) is 17.2 Å². The Labute approximate surface area is 197 Å². The normalized spacial score (nSPS) is 14.1. The fourth-order valence-electron chi connectivity index (χ4n) is 4.65. The molecule has 1 fully saturated rings. The summed E-state index contributed by atoms with van der Waals surface area (Å²) in [6.45, 7) is 6.52. The van der Waals surface area contributed by atoms with Gasteiger partial charge < -0.3 is 19.0 Å². The minimum atomic E-state index is -0.471. The Morgan fingerprint density at radius 2 is 1.79 bits per heavy atom. The van der Waals surface area contributed by atoms with E-state index in [-0.39, 0.29) is 12.3 Å². The van der Waals surface area contributed by atoms with Crippen LogP contribution in [0, 0.1) is 13.8 Å². The van der Waals surface area contributed by atoms with Crippen LogP contribution in [-0.4, -0.2) is 49.1 Å². The lowest BCUT2D eigenvalue weighted by atomic mass is 10.0. The van der Waals surface area contributed by atoms with Crippen LogP contribution in [0.4, 0.5) is 5.82 Å². The zero-order valence-electron chi connectivity index (χ0n) is 19.6. The molecule has 0 unspecified atom stereocenters. The number of pyridine rings is 1. The number of nitrogens with zero attached hydrogens (tertiary/aromatic N) is 3. The highest BCUT2D eigenvalue weighted by molar-refractivity contribution is 5.86. The number of fused-ring (bicyclic) bond motifs is 2. The van der Waals surface area contributed by atoms with E-state index in [0.29, 0.717) is 43.1 Å². The first-order valence-electron chi connectivity index (χ1n) is 11.4. The summed E-state index contributed by atoms with van der Waals surface area (Å²) in [7, 11) is 1.57. The summed E-state index contributed by atoms with van der Waals surface area (Å²) < 4.78 is 10.7. The van der Waals surface area contributed by atoms with Gasteiger partial charge in [0.15, 0.2) is 0 Å². The summed E-state index contributed by atoms with van der Waals surface area (Å²) >= 11 is 0. The standard InChI is InChI=1S/C27H27N3O4/c1-17-14-25(28-23-7-5-4-6-20(17)23)29-10-12-30(13-11-29)26(31)16-22-18(2)21-9-8-19(33-3)15-24(21)34-27(22)32/h4-9,14-15H,10-13,16H2,1-3H3. The smallest absolute Gasteiger partial charge is 0.340 e. The van der Waals surface area contributed by atoms with Gasteiger partial charge in [0.2, 0.25) is 5.91 Å². The van der Waals surface area contributed by atoms with Crippen LogP contribution in [0.2, 0.25) is 0 Å².